The summed E-state index contributed by atoms with van der Waals surface area (Å²) >= 11 is 0. The molecule has 2 atom stereocenters. The Kier molecular flexibility index (Phi) is 6.07. The van der Waals surface area contributed by atoms with E-state index in [-0.39, 0.29) is 12.1 Å². The number of ether oxygens (including phenoxy) is 1. The van der Waals surface area contributed by atoms with Gasteiger partial charge in [0.25, 0.3) is 0 Å². The molecule has 1 aliphatic rings. The van der Waals surface area contributed by atoms with Crippen LogP contribution in [0.4, 0.5) is 4.79 Å². The van der Waals surface area contributed by atoms with Crippen LogP contribution in [0.5, 0.6) is 5.75 Å². The van der Waals surface area contributed by atoms with Crippen molar-refractivity contribution in [2.24, 2.45) is 0 Å². The standard InChI is InChI=1S/C17H26N2O3/c1-12-7-8-13(11-16(12)22-2)9-10-18-17(21)19-14-5-3-4-6-15(14)20/h7-8,11,14-15,20H,3-6,9-10H2,1-2H3,(H2,18,19,21). The third-order valence-corrected chi connectivity index (χ3v) is 4.22. The van der Waals surface area contributed by atoms with Crippen LogP contribution in [0.15, 0.2) is 18.2 Å². The van der Waals surface area contributed by atoms with Crippen LogP contribution in [0.2, 0.25) is 0 Å². The number of aliphatic hydroxyl groups excluding tert-OH is 1. The van der Waals surface area contributed by atoms with Gasteiger partial charge in [0.15, 0.2) is 0 Å². The number of methoxy groups -OCH3 is 1. The van der Waals surface area contributed by atoms with Crippen molar-refractivity contribution in [1.82, 2.24) is 10.6 Å². The fourth-order valence-electron chi connectivity index (χ4n) is 2.84. The monoisotopic (exact) mass is 306 g/mol. The number of hydrogen-bond acceptors (Lipinski definition) is 3. The number of benzene rings is 1. The van der Waals surface area contributed by atoms with Crippen LogP contribution in [-0.2, 0) is 6.42 Å². The highest BCUT2D eigenvalue weighted by Crippen LogP contribution is 2.19. The Labute approximate surface area is 132 Å². The van der Waals surface area contributed by atoms with Crippen LogP contribution in [0.3, 0.4) is 0 Å². The van der Waals surface area contributed by atoms with Gasteiger partial charge in [-0.15, -0.1) is 0 Å². The van der Waals surface area contributed by atoms with E-state index < -0.39 is 6.10 Å². The molecule has 122 valence electrons. The maximum Gasteiger partial charge on any atom is 0.315 e. The van der Waals surface area contributed by atoms with Crippen molar-refractivity contribution in [3.8, 4) is 5.75 Å². The number of amides is 2. The second-order valence-electron chi connectivity index (χ2n) is 5.91. The van der Waals surface area contributed by atoms with Crippen molar-refractivity contribution in [3.63, 3.8) is 0 Å². The van der Waals surface area contributed by atoms with Gasteiger partial charge in [0.2, 0.25) is 0 Å². The molecule has 2 unspecified atom stereocenters. The Bertz CT molecular complexity index is 505. The normalized spacial score (nSPS) is 21.2. The van der Waals surface area contributed by atoms with Crippen LogP contribution in [0, 0.1) is 6.92 Å². The fraction of sp³-hybridized carbons (Fsp3) is 0.588. The van der Waals surface area contributed by atoms with Gasteiger partial charge in [-0.3, -0.25) is 0 Å². The number of hydrogen-bond donors (Lipinski definition) is 3. The molecule has 1 aromatic rings. The van der Waals surface area contributed by atoms with Gasteiger partial charge in [0.1, 0.15) is 5.75 Å². The molecule has 0 radical (unpaired) electrons. The molecule has 1 aromatic carbocycles. The number of aryl methyl sites for hydroxylation is 1. The molecule has 1 saturated carbocycles. The van der Waals surface area contributed by atoms with Gasteiger partial charge in [-0.05, 0) is 43.4 Å². The first-order chi connectivity index (χ1) is 10.6. The lowest BCUT2D eigenvalue weighted by Crippen LogP contribution is -2.49. The minimum atomic E-state index is -0.416. The van der Waals surface area contributed by atoms with E-state index in [9.17, 15) is 9.90 Å². The minimum absolute atomic E-state index is 0.117. The van der Waals surface area contributed by atoms with Crippen LogP contribution < -0.4 is 15.4 Å². The van der Waals surface area contributed by atoms with Crippen molar-refractivity contribution < 1.29 is 14.6 Å². The maximum absolute atomic E-state index is 11.9. The summed E-state index contributed by atoms with van der Waals surface area (Å²) in [7, 11) is 1.66. The SMILES string of the molecule is COc1cc(CCNC(=O)NC2CCCCC2O)ccc1C. The van der Waals surface area contributed by atoms with E-state index in [1.807, 2.05) is 25.1 Å². The molecule has 0 aliphatic heterocycles. The summed E-state index contributed by atoms with van der Waals surface area (Å²) in [4.78, 5) is 11.9. The molecular weight excluding hydrogens is 280 g/mol. The number of carbonyl (C=O) groups is 1. The molecule has 0 bridgehead atoms. The summed E-state index contributed by atoms with van der Waals surface area (Å²) in [5.74, 6) is 0.868. The van der Waals surface area contributed by atoms with Crippen molar-refractivity contribution in [2.75, 3.05) is 13.7 Å². The molecule has 2 amide bonds. The van der Waals surface area contributed by atoms with Gasteiger partial charge in [0, 0.05) is 6.54 Å². The molecule has 0 heterocycles. The van der Waals surface area contributed by atoms with E-state index in [1.54, 1.807) is 7.11 Å². The molecule has 3 N–H and O–H groups in total. The molecule has 1 aliphatic carbocycles. The van der Waals surface area contributed by atoms with E-state index >= 15 is 0 Å². The Balaban J connectivity index is 1.74. The van der Waals surface area contributed by atoms with Crippen LogP contribution in [0.1, 0.15) is 36.8 Å². The summed E-state index contributed by atoms with van der Waals surface area (Å²) in [5, 5.41) is 15.6. The molecule has 0 saturated heterocycles. The Morgan fingerprint density at radius 2 is 2.14 bits per heavy atom. The average Bonchev–Trinajstić information content (AvgIpc) is 2.51. The Morgan fingerprint density at radius 3 is 2.86 bits per heavy atom. The summed E-state index contributed by atoms with van der Waals surface area (Å²) in [5.41, 5.74) is 2.23. The summed E-state index contributed by atoms with van der Waals surface area (Å²) in [6.45, 7) is 2.56. The van der Waals surface area contributed by atoms with E-state index in [1.165, 1.54) is 0 Å². The highest BCUT2D eigenvalue weighted by molar-refractivity contribution is 5.74. The number of rotatable bonds is 5. The van der Waals surface area contributed by atoms with Gasteiger partial charge in [-0.2, -0.15) is 0 Å². The van der Waals surface area contributed by atoms with Crippen molar-refractivity contribution in [3.05, 3.63) is 29.3 Å². The summed E-state index contributed by atoms with van der Waals surface area (Å²) < 4.78 is 5.30. The zero-order valence-electron chi connectivity index (χ0n) is 13.4. The molecule has 5 heteroatoms. The van der Waals surface area contributed by atoms with Crippen molar-refractivity contribution >= 4 is 6.03 Å². The second kappa shape index (κ2) is 8.03. The highest BCUT2D eigenvalue weighted by atomic mass is 16.5. The lowest BCUT2D eigenvalue weighted by Gasteiger charge is -2.28. The molecule has 22 heavy (non-hydrogen) atoms. The Morgan fingerprint density at radius 1 is 1.36 bits per heavy atom. The van der Waals surface area contributed by atoms with Gasteiger partial charge in [0.05, 0.1) is 19.3 Å². The first-order valence-electron chi connectivity index (χ1n) is 7.96. The van der Waals surface area contributed by atoms with Crippen LogP contribution >= 0.6 is 0 Å². The van der Waals surface area contributed by atoms with Crippen molar-refractivity contribution in [2.45, 2.75) is 51.2 Å². The lowest BCUT2D eigenvalue weighted by atomic mass is 9.93. The molecular formula is C17H26N2O3. The Hall–Kier alpha value is -1.75. The van der Waals surface area contributed by atoms with Crippen LogP contribution in [-0.4, -0.2) is 36.9 Å². The zero-order valence-corrected chi connectivity index (χ0v) is 13.4. The summed E-state index contributed by atoms with van der Waals surface area (Å²) in [6.07, 6.45) is 4.05. The summed E-state index contributed by atoms with van der Waals surface area (Å²) in [6, 6.07) is 5.74. The van der Waals surface area contributed by atoms with Gasteiger partial charge >= 0.3 is 6.03 Å². The topological polar surface area (TPSA) is 70.6 Å². The molecule has 5 nitrogen and oxygen atoms in total. The minimum Gasteiger partial charge on any atom is -0.496 e. The van der Waals surface area contributed by atoms with Crippen LogP contribution in [0.25, 0.3) is 0 Å². The quantitative estimate of drug-likeness (QED) is 0.780. The molecule has 2 rings (SSSR count). The molecule has 1 fully saturated rings. The number of nitrogens with one attached hydrogen (secondary N) is 2. The first kappa shape index (κ1) is 16.6. The molecule has 0 aromatic heterocycles. The van der Waals surface area contributed by atoms with Gasteiger partial charge in [-0.25, -0.2) is 4.79 Å². The largest absolute Gasteiger partial charge is 0.496 e. The van der Waals surface area contributed by atoms with Gasteiger partial charge < -0.3 is 20.5 Å². The maximum atomic E-state index is 11.9. The predicted octanol–water partition coefficient (Wildman–Crippen LogP) is 2.15. The smallest absolute Gasteiger partial charge is 0.315 e. The highest BCUT2D eigenvalue weighted by Gasteiger charge is 2.24. The van der Waals surface area contributed by atoms with Gasteiger partial charge in [-0.1, -0.05) is 25.0 Å². The van der Waals surface area contributed by atoms with E-state index in [2.05, 4.69) is 10.6 Å². The average molecular weight is 306 g/mol. The fourth-order valence-corrected chi connectivity index (χ4v) is 2.84. The number of aliphatic hydroxyl groups is 1. The van der Waals surface area contributed by atoms with E-state index in [4.69, 9.17) is 4.74 Å². The third-order valence-electron chi connectivity index (χ3n) is 4.22. The van der Waals surface area contributed by atoms with Crippen molar-refractivity contribution in [1.29, 1.82) is 0 Å². The first-order valence-corrected chi connectivity index (χ1v) is 7.96. The predicted molar refractivity (Wildman–Crippen MR) is 86.2 cm³/mol. The third kappa shape index (κ3) is 4.63. The van der Waals surface area contributed by atoms with E-state index in [0.717, 1.165) is 49.0 Å². The number of urea groups is 1. The zero-order chi connectivity index (χ0) is 15.9. The van der Waals surface area contributed by atoms with E-state index in [0.29, 0.717) is 6.54 Å². The molecule has 0 spiro atoms. The second-order valence-corrected chi connectivity index (χ2v) is 5.91. The number of carbonyl (C=O) groups excluding carboxylic acids is 1. The lowest BCUT2D eigenvalue weighted by molar-refractivity contribution is 0.0943.